The van der Waals surface area contributed by atoms with Gasteiger partial charge in [0.05, 0.1) is 27.8 Å². The van der Waals surface area contributed by atoms with E-state index < -0.39 is 0 Å². The summed E-state index contributed by atoms with van der Waals surface area (Å²) in [6, 6.07) is 73.8. The molecule has 0 bridgehead atoms. The Morgan fingerprint density at radius 2 is 0.967 bits per heavy atom. The zero-order valence-electron chi connectivity index (χ0n) is 32.3. The molecule has 4 heteroatoms. The van der Waals surface area contributed by atoms with E-state index >= 15 is 0 Å². The number of hydrogen-bond acceptors (Lipinski definition) is 3. The first-order valence-electron chi connectivity index (χ1n) is 20.4. The van der Waals surface area contributed by atoms with Gasteiger partial charge in [0.15, 0.2) is 0 Å². The molecular formula is C56H34N2O2. The summed E-state index contributed by atoms with van der Waals surface area (Å²) in [5.41, 5.74) is 12.3. The van der Waals surface area contributed by atoms with Crippen molar-refractivity contribution in [2.75, 3.05) is 4.90 Å². The van der Waals surface area contributed by atoms with Gasteiger partial charge in [-0.1, -0.05) is 133 Å². The van der Waals surface area contributed by atoms with Crippen LogP contribution in [-0.2, 0) is 0 Å². The minimum Gasteiger partial charge on any atom is -0.455 e. The fraction of sp³-hybridized carbons (Fsp3) is 0. The van der Waals surface area contributed by atoms with Crippen LogP contribution < -0.4 is 4.90 Å². The number of hydrogen-bond donors (Lipinski definition) is 0. The van der Waals surface area contributed by atoms with Crippen LogP contribution in [0.3, 0.4) is 0 Å². The van der Waals surface area contributed by atoms with Gasteiger partial charge < -0.3 is 18.3 Å². The number of para-hydroxylation sites is 3. The van der Waals surface area contributed by atoms with Crippen LogP contribution in [0.25, 0.3) is 104 Å². The predicted octanol–water partition coefficient (Wildman–Crippen LogP) is 16.0. The normalized spacial score (nSPS) is 12.0. The Labute approximate surface area is 344 Å². The number of rotatable bonds is 5. The molecule has 0 saturated carbocycles. The molecule has 0 aliphatic carbocycles. The molecule has 0 atom stereocenters. The molecule has 0 unspecified atom stereocenters. The molecule has 3 heterocycles. The predicted molar refractivity (Wildman–Crippen MR) is 250 cm³/mol. The Morgan fingerprint density at radius 3 is 1.73 bits per heavy atom. The molecule has 0 aliphatic heterocycles. The van der Waals surface area contributed by atoms with E-state index in [1.807, 2.05) is 0 Å². The van der Waals surface area contributed by atoms with Crippen molar-refractivity contribution in [3.05, 3.63) is 206 Å². The fourth-order valence-electron chi connectivity index (χ4n) is 9.69. The molecule has 0 saturated heterocycles. The van der Waals surface area contributed by atoms with Crippen molar-refractivity contribution >= 4 is 104 Å². The molecular weight excluding hydrogens is 733 g/mol. The Morgan fingerprint density at radius 1 is 0.367 bits per heavy atom. The van der Waals surface area contributed by atoms with Crippen molar-refractivity contribution < 1.29 is 8.83 Å². The second-order valence-electron chi connectivity index (χ2n) is 15.6. The highest BCUT2D eigenvalue weighted by atomic mass is 16.3. The first kappa shape index (κ1) is 32.9. The lowest BCUT2D eigenvalue weighted by Crippen LogP contribution is -2.12. The van der Waals surface area contributed by atoms with E-state index in [1.165, 1.54) is 27.2 Å². The van der Waals surface area contributed by atoms with Crippen LogP contribution in [0.1, 0.15) is 0 Å². The van der Waals surface area contributed by atoms with Crippen LogP contribution in [0.15, 0.2) is 215 Å². The van der Waals surface area contributed by atoms with Gasteiger partial charge >= 0.3 is 0 Å². The minimum absolute atomic E-state index is 0.846. The minimum atomic E-state index is 0.846. The fourth-order valence-corrected chi connectivity index (χ4v) is 9.69. The Balaban J connectivity index is 1.08. The molecule has 280 valence electrons. The Hall–Kier alpha value is -8.08. The van der Waals surface area contributed by atoms with E-state index in [-0.39, 0.29) is 0 Å². The number of benzene rings is 10. The van der Waals surface area contributed by atoms with Gasteiger partial charge in [0.2, 0.25) is 0 Å². The summed E-state index contributed by atoms with van der Waals surface area (Å²) < 4.78 is 15.8. The van der Waals surface area contributed by atoms with E-state index in [1.54, 1.807) is 0 Å². The van der Waals surface area contributed by atoms with E-state index in [2.05, 4.69) is 216 Å². The SMILES string of the molecule is c1cc(N(c2ccccc2-c2ccc3oc4c5ccccc5ccc4c3c2)c2cccc3oc4c5ccccc5ccc4c23)cc(-n2c3ccccc3c3ccccc32)c1. The largest absolute Gasteiger partial charge is 0.455 e. The van der Waals surface area contributed by atoms with Crippen LogP contribution in [-0.4, -0.2) is 4.57 Å². The van der Waals surface area contributed by atoms with Gasteiger partial charge in [-0.3, -0.25) is 0 Å². The quantitative estimate of drug-likeness (QED) is 0.175. The highest BCUT2D eigenvalue weighted by Crippen LogP contribution is 2.48. The topological polar surface area (TPSA) is 34.5 Å². The number of fused-ring (bicyclic) bond motifs is 13. The number of furan rings is 2. The Kier molecular flexibility index (Phi) is 6.98. The van der Waals surface area contributed by atoms with Gasteiger partial charge in [0.1, 0.15) is 22.3 Å². The standard InChI is InChI=1S/C56H34N2O2/c1-3-18-41-35(13-1)27-30-45-47-33-37(29-32-52(47)59-55(41)45)40-17-5-8-22-48(40)58(51-25-12-26-53-54(51)46-31-28-36-14-2-4-19-42(36)56(46)60-53)39-16-11-15-38(34-39)57-49-23-9-6-20-43(49)44-21-7-10-24-50(44)57/h1-34H. The van der Waals surface area contributed by atoms with Crippen LogP contribution in [0.2, 0.25) is 0 Å². The first-order chi connectivity index (χ1) is 29.8. The molecule has 13 aromatic rings. The Bertz CT molecular complexity index is 3810. The maximum absolute atomic E-state index is 6.79. The van der Waals surface area contributed by atoms with Crippen molar-refractivity contribution in [2.45, 2.75) is 0 Å². The third-order valence-electron chi connectivity index (χ3n) is 12.3. The monoisotopic (exact) mass is 766 g/mol. The van der Waals surface area contributed by atoms with Gasteiger partial charge in [-0.25, -0.2) is 0 Å². The lowest BCUT2D eigenvalue weighted by Gasteiger charge is -2.29. The molecule has 0 fully saturated rings. The van der Waals surface area contributed by atoms with Crippen LogP contribution in [0, 0.1) is 0 Å². The maximum Gasteiger partial charge on any atom is 0.143 e. The summed E-state index contributed by atoms with van der Waals surface area (Å²) in [4.78, 5) is 2.42. The van der Waals surface area contributed by atoms with Gasteiger partial charge in [-0.05, 0) is 89.1 Å². The average molecular weight is 767 g/mol. The molecule has 13 rings (SSSR count). The summed E-state index contributed by atoms with van der Waals surface area (Å²) >= 11 is 0. The van der Waals surface area contributed by atoms with Gasteiger partial charge in [0.25, 0.3) is 0 Å². The smallest absolute Gasteiger partial charge is 0.143 e. The summed E-state index contributed by atoms with van der Waals surface area (Å²) in [5.74, 6) is 0. The van der Waals surface area contributed by atoms with E-state index in [9.17, 15) is 0 Å². The number of anilines is 3. The summed E-state index contributed by atoms with van der Waals surface area (Å²) in [7, 11) is 0. The lowest BCUT2D eigenvalue weighted by molar-refractivity contribution is 0.672. The van der Waals surface area contributed by atoms with Crippen LogP contribution >= 0.6 is 0 Å². The average Bonchev–Trinajstić information content (AvgIpc) is 4.00. The highest BCUT2D eigenvalue weighted by molar-refractivity contribution is 6.20. The van der Waals surface area contributed by atoms with Crippen LogP contribution in [0.5, 0.6) is 0 Å². The third kappa shape index (κ3) is 4.79. The molecule has 10 aromatic carbocycles. The molecule has 0 N–H and O–H groups in total. The lowest BCUT2D eigenvalue weighted by atomic mass is 9.98. The molecule has 4 nitrogen and oxygen atoms in total. The summed E-state index contributed by atoms with van der Waals surface area (Å²) in [6.45, 7) is 0. The number of nitrogens with zero attached hydrogens (tertiary/aromatic N) is 2. The van der Waals surface area contributed by atoms with Crippen molar-refractivity contribution in [2.24, 2.45) is 0 Å². The van der Waals surface area contributed by atoms with Crippen molar-refractivity contribution in [1.82, 2.24) is 4.57 Å². The molecule has 0 radical (unpaired) electrons. The molecule has 3 aromatic heterocycles. The molecule has 0 spiro atoms. The highest BCUT2D eigenvalue weighted by Gasteiger charge is 2.24. The van der Waals surface area contributed by atoms with E-state index in [0.29, 0.717) is 0 Å². The molecule has 0 amide bonds. The van der Waals surface area contributed by atoms with Gasteiger partial charge in [-0.2, -0.15) is 0 Å². The van der Waals surface area contributed by atoms with Gasteiger partial charge in [-0.15, -0.1) is 0 Å². The van der Waals surface area contributed by atoms with Crippen molar-refractivity contribution in [3.8, 4) is 16.8 Å². The third-order valence-corrected chi connectivity index (χ3v) is 12.3. The van der Waals surface area contributed by atoms with Crippen molar-refractivity contribution in [3.63, 3.8) is 0 Å². The zero-order valence-corrected chi connectivity index (χ0v) is 32.3. The second-order valence-corrected chi connectivity index (χ2v) is 15.6. The van der Waals surface area contributed by atoms with Gasteiger partial charge in [0, 0.05) is 54.6 Å². The molecule has 60 heavy (non-hydrogen) atoms. The van der Waals surface area contributed by atoms with Crippen molar-refractivity contribution in [1.29, 1.82) is 0 Å². The summed E-state index contributed by atoms with van der Waals surface area (Å²) in [6.07, 6.45) is 0. The number of aromatic nitrogens is 1. The van der Waals surface area contributed by atoms with Crippen LogP contribution in [0.4, 0.5) is 17.1 Å². The molecule has 0 aliphatic rings. The summed E-state index contributed by atoms with van der Waals surface area (Å²) in [5, 5.41) is 11.4. The van der Waals surface area contributed by atoms with E-state index in [4.69, 9.17) is 8.83 Å². The first-order valence-corrected chi connectivity index (χ1v) is 20.4. The second kappa shape index (κ2) is 12.7. The zero-order chi connectivity index (χ0) is 39.3. The maximum atomic E-state index is 6.79. The van der Waals surface area contributed by atoms with E-state index in [0.717, 1.165) is 93.9 Å².